The zero-order valence-corrected chi connectivity index (χ0v) is 20.5. The van der Waals surface area contributed by atoms with Crippen molar-refractivity contribution in [2.24, 2.45) is 0 Å². The number of hydrogen-bond donors (Lipinski definition) is 1. The lowest BCUT2D eigenvalue weighted by Gasteiger charge is -2.17. The first kappa shape index (κ1) is 22.2. The van der Waals surface area contributed by atoms with Crippen LogP contribution in [0.25, 0.3) is 22.0 Å². The molecule has 0 unspecified atom stereocenters. The van der Waals surface area contributed by atoms with Gasteiger partial charge >= 0.3 is 0 Å². The lowest BCUT2D eigenvalue weighted by molar-refractivity contribution is 0.307. The molecule has 0 amide bonds. The second kappa shape index (κ2) is 8.33. The van der Waals surface area contributed by atoms with E-state index in [1.54, 1.807) is 6.07 Å². The zero-order chi connectivity index (χ0) is 24.0. The van der Waals surface area contributed by atoms with Gasteiger partial charge in [0.1, 0.15) is 12.4 Å². The van der Waals surface area contributed by atoms with Gasteiger partial charge in [-0.25, -0.2) is 8.42 Å². The summed E-state index contributed by atoms with van der Waals surface area (Å²) in [5.41, 5.74) is 7.82. The van der Waals surface area contributed by atoms with E-state index in [1.807, 2.05) is 41.2 Å². The van der Waals surface area contributed by atoms with Crippen molar-refractivity contribution in [3.63, 3.8) is 0 Å². The van der Waals surface area contributed by atoms with Gasteiger partial charge in [-0.05, 0) is 66.8 Å². The molecule has 1 aliphatic heterocycles. The lowest BCUT2D eigenvalue weighted by Crippen LogP contribution is -2.09. The third-order valence-electron chi connectivity index (χ3n) is 6.10. The smallest absolute Gasteiger partial charge is 0.229 e. The van der Waals surface area contributed by atoms with Crippen molar-refractivity contribution >= 4 is 37.8 Å². The standard InChI is InChI=1S/C27H27N3O3S/c1-17(2)30-25-14-26-24(13-21(25)15-28-30)27(23-11-6-5-8-20(23)16-33-26)18(3)19-9-7-10-22(12-19)29-34(4,31)32/h5-15,17,29H,16H2,1-4H3/b27-18+. The molecule has 0 atom stereocenters. The van der Waals surface area contributed by atoms with E-state index in [1.165, 1.54) is 0 Å². The molecule has 1 aromatic heterocycles. The van der Waals surface area contributed by atoms with Gasteiger partial charge in [-0.15, -0.1) is 0 Å². The lowest BCUT2D eigenvalue weighted by atomic mass is 9.87. The number of benzene rings is 3. The molecule has 3 aromatic carbocycles. The average molecular weight is 474 g/mol. The number of nitrogens with one attached hydrogen (secondary N) is 1. The van der Waals surface area contributed by atoms with Crippen LogP contribution in [0.15, 0.2) is 66.9 Å². The molecular weight excluding hydrogens is 446 g/mol. The maximum atomic E-state index is 11.8. The summed E-state index contributed by atoms with van der Waals surface area (Å²) in [6, 6.07) is 20.2. The Morgan fingerprint density at radius 1 is 1.06 bits per heavy atom. The van der Waals surface area contributed by atoms with Gasteiger partial charge in [0, 0.05) is 28.7 Å². The summed E-state index contributed by atoms with van der Waals surface area (Å²) < 4.78 is 34.5. The Labute approximate surface area is 199 Å². The topological polar surface area (TPSA) is 73.2 Å². The highest BCUT2D eigenvalue weighted by atomic mass is 32.2. The predicted octanol–water partition coefficient (Wildman–Crippen LogP) is 5.86. The Kier molecular flexibility index (Phi) is 5.44. The van der Waals surface area contributed by atoms with Crippen LogP contribution >= 0.6 is 0 Å². The Morgan fingerprint density at radius 2 is 1.85 bits per heavy atom. The van der Waals surface area contributed by atoms with Gasteiger partial charge < -0.3 is 4.74 Å². The van der Waals surface area contributed by atoms with E-state index in [4.69, 9.17) is 4.74 Å². The second-order valence-corrected chi connectivity index (χ2v) is 10.7. The van der Waals surface area contributed by atoms with Crippen LogP contribution in [0.5, 0.6) is 5.75 Å². The second-order valence-electron chi connectivity index (χ2n) is 8.99. The first-order chi connectivity index (χ1) is 16.2. The molecule has 174 valence electrons. The molecule has 4 aromatic rings. The van der Waals surface area contributed by atoms with Gasteiger partial charge in [-0.2, -0.15) is 5.10 Å². The van der Waals surface area contributed by atoms with Crippen LogP contribution in [-0.4, -0.2) is 24.5 Å². The van der Waals surface area contributed by atoms with Gasteiger partial charge in [0.2, 0.25) is 10.0 Å². The van der Waals surface area contributed by atoms with E-state index in [2.05, 4.69) is 54.9 Å². The molecule has 2 heterocycles. The van der Waals surface area contributed by atoms with Crippen molar-refractivity contribution in [2.45, 2.75) is 33.4 Å². The van der Waals surface area contributed by atoms with Gasteiger partial charge in [-0.3, -0.25) is 9.40 Å². The van der Waals surface area contributed by atoms with E-state index in [0.29, 0.717) is 12.3 Å². The van der Waals surface area contributed by atoms with Crippen molar-refractivity contribution in [3.8, 4) is 5.75 Å². The molecule has 1 aliphatic rings. The highest BCUT2D eigenvalue weighted by molar-refractivity contribution is 7.92. The van der Waals surface area contributed by atoms with Gasteiger partial charge in [0.05, 0.1) is 18.0 Å². The maximum Gasteiger partial charge on any atom is 0.229 e. The van der Waals surface area contributed by atoms with Gasteiger partial charge in [-0.1, -0.05) is 36.4 Å². The SMILES string of the molecule is C/C(=C1/c2ccccc2COc2cc3c(cnn3C(C)C)cc21)c1cccc(NS(C)(=O)=O)c1. The molecule has 0 bridgehead atoms. The number of nitrogens with zero attached hydrogens (tertiary/aromatic N) is 2. The van der Waals surface area contributed by atoms with Crippen LogP contribution < -0.4 is 9.46 Å². The van der Waals surface area contributed by atoms with Crippen molar-refractivity contribution in [3.05, 3.63) is 89.1 Å². The monoisotopic (exact) mass is 473 g/mol. The number of ether oxygens (including phenoxy) is 1. The number of rotatable bonds is 4. The molecule has 6 nitrogen and oxygen atoms in total. The van der Waals surface area contributed by atoms with E-state index < -0.39 is 10.0 Å². The predicted molar refractivity (Wildman–Crippen MR) is 137 cm³/mol. The van der Waals surface area contributed by atoms with Gasteiger partial charge in [0.25, 0.3) is 0 Å². The highest BCUT2D eigenvalue weighted by Crippen LogP contribution is 2.43. The summed E-state index contributed by atoms with van der Waals surface area (Å²) in [5, 5.41) is 5.64. The minimum absolute atomic E-state index is 0.236. The summed E-state index contributed by atoms with van der Waals surface area (Å²) in [6.45, 7) is 6.77. The summed E-state index contributed by atoms with van der Waals surface area (Å²) in [5.74, 6) is 0.811. The fraction of sp³-hybridized carbons (Fsp3) is 0.222. The number of aromatic nitrogens is 2. The molecule has 0 radical (unpaired) electrons. The quantitative estimate of drug-likeness (QED) is 0.403. The normalized spacial score (nSPS) is 14.9. The minimum atomic E-state index is -3.37. The first-order valence-corrected chi connectivity index (χ1v) is 13.1. The van der Waals surface area contributed by atoms with E-state index in [0.717, 1.165) is 56.3 Å². The molecule has 1 N–H and O–H groups in total. The molecule has 7 heteroatoms. The average Bonchev–Trinajstić information content (AvgIpc) is 3.13. The molecule has 34 heavy (non-hydrogen) atoms. The van der Waals surface area contributed by atoms with E-state index in [9.17, 15) is 8.42 Å². The molecule has 0 spiro atoms. The highest BCUT2D eigenvalue weighted by Gasteiger charge is 2.23. The molecule has 0 fully saturated rings. The number of allylic oxidation sites excluding steroid dienone is 1. The van der Waals surface area contributed by atoms with E-state index >= 15 is 0 Å². The van der Waals surface area contributed by atoms with Crippen LogP contribution in [0.2, 0.25) is 0 Å². The number of fused-ring (bicyclic) bond motifs is 3. The van der Waals surface area contributed by atoms with Crippen LogP contribution in [0.1, 0.15) is 49.1 Å². The van der Waals surface area contributed by atoms with Crippen LogP contribution in [-0.2, 0) is 16.6 Å². The summed E-state index contributed by atoms with van der Waals surface area (Å²) in [6.07, 6.45) is 3.05. The fourth-order valence-corrected chi connectivity index (χ4v) is 5.12. The first-order valence-electron chi connectivity index (χ1n) is 11.2. The Hall–Kier alpha value is -3.58. The fourth-order valence-electron chi connectivity index (χ4n) is 4.57. The minimum Gasteiger partial charge on any atom is -0.488 e. The molecule has 0 saturated heterocycles. The molecule has 0 saturated carbocycles. The number of sulfonamides is 1. The summed E-state index contributed by atoms with van der Waals surface area (Å²) in [4.78, 5) is 0. The summed E-state index contributed by atoms with van der Waals surface area (Å²) in [7, 11) is -3.37. The molecule has 5 rings (SSSR count). The third kappa shape index (κ3) is 4.07. The number of anilines is 1. The van der Waals surface area contributed by atoms with Gasteiger partial charge in [0.15, 0.2) is 0 Å². The number of hydrogen-bond acceptors (Lipinski definition) is 4. The largest absolute Gasteiger partial charge is 0.488 e. The molecule has 0 aliphatic carbocycles. The van der Waals surface area contributed by atoms with Crippen LogP contribution in [0.4, 0.5) is 5.69 Å². The van der Waals surface area contributed by atoms with Crippen molar-refractivity contribution < 1.29 is 13.2 Å². The van der Waals surface area contributed by atoms with Crippen LogP contribution in [0, 0.1) is 0 Å². The Balaban J connectivity index is 1.77. The van der Waals surface area contributed by atoms with Crippen molar-refractivity contribution in [1.29, 1.82) is 0 Å². The van der Waals surface area contributed by atoms with E-state index in [-0.39, 0.29) is 6.04 Å². The summed E-state index contributed by atoms with van der Waals surface area (Å²) >= 11 is 0. The van der Waals surface area contributed by atoms with Crippen molar-refractivity contribution in [1.82, 2.24) is 9.78 Å². The van der Waals surface area contributed by atoms with Crippen molar-refractivity contribution in [2.75, 3.05) is 11.0 Å². The zero-order valence-electron chi connectivity index (χ0n) is 19.7. The Bertz CT molecular complexity index is 1550. The molecular formula is C27H27N3O3S. The Morgan fingerprint density at radius 3 is 2.62 bits per heavy atom. The maximum absolute atomic E-state index is 11.8. The third-order valence-corrected chi connectivity index (χ3v) is 6.71. The van der Waals surface area contributed by atoms with Crippen LogP contribution in [0.3, 0.4) is 0 Å².